The van der Waals surface area contributed by atoms with Gasteiger partial charge in [0.2, 0.25) is 5.91 Å². The Morgan fingerprint density at radius 2 is 1.96 bits per heavy atom. The van der Waals surface area contributed by atoms with E-state index in [0.717, 1.165) is 5.56 Å². The average Bonchev–Trinajstić information content (AvgIpc) is 2.56. The molecular formula is C16H22ClN3O3. The zero-order valence-electron chi connectivity index (χ0n) is 13.5. The summed E-state index contributed by atoms with van der Waals surface area (Å²) in [5.74, 6) is 0.585. The van der Waals surface area contributed by atoms with Gasteiger partial charge < -0.3 is 15.0 Å². The Morgan fingerprint density at radius 3 is 2.57 bits per heavy atom. The Hall–Kier alpha value is -1.79. The molecular weight excluding hydrogens is 318 g/mol. The second-order valence-corrected chi connectivity index (χ2v) is 5.94. The van der Waals surface area contributed by atoms with Crippen molar-refractivity contribution >= 4 is 23.4 Å². The topological polar surface area (TPSA) is 61.9 Å². The molecule has 1 N–H and O–H groups in total. The first kappa shape index (κ1) is 17.6. The van der Waals surface area contributed by atoms with Crippen LogP contribution in [0.4, 0.5) is 0 Å². The molecule has 126 valence electrons. The standard InChI is InChI=1S/C16H22ClN3O3/c1-12-9-13(3-4-14(12)17)23-11-16(22)20-7-5-19(6-8-20)10-15(21)18-2/h3-4,9H,5-8,10-11H2,1-2H3,(H,18,21). The molecule has 0 bridgehead atoms. The Bertz CT molecular complexity index is 572. The van der Waals surface area contributed by atoms with Gasteiger partial charge in [-0.3, -0.25) is 14.5 Å². The molecule has 1 aromatic carbocycles. The van der Waals surface area contributed by atoms with Crippen LogP contribution in [0.3, 0.4) is 0 Å². The molecule has 2 amide bonds. The molecule has 0 aliphatic carbocycles. The van der Waals surface area contributed by atoms with E-state index in [4.69, 9.17) is 16.3 Å². The second-order valence-electron chi connectivity index (χ2n) is 5.53. The first-order chi connectivity index (χ1) is 11.0. The summed E-state index contributed by atoms with van der Waals surface area (Å²) in [6.45, 7) is 4.88. The maximum Gasteiger partial charge on any atom is 0.260 e. The fraction of sp³-hybridized carbons (Fsp3) is 0.500. The fourth-order valence-electron chi connectivity index (χ4n) is 2.38. The highest BCUT2D eigenvalue weighted by Crippen LogP contribution is 2.21. The van der Waals surface area contributed by atoms with Gasteiger partial charge in [0.25, 0.3) is 5.91 Å². The van der Waals surface area contributed by atoms with Crippen LogP contribution in [-0.2, 0) is 9.59 Å². The Labute approximate surface area is 141 Å². The maximum absolute atomic E-state index is 12.2. The summed E-state index contributed by atoms with van der Waals surface area (Å²) in [7, 11) is 1.62. The number of piperazine rings is 1. The van der Waals surface area contributed by atoms with Gasteiger partial charge in [0.05, 0.1) is 6.54 Å². The van der Waals surface area contributed by atoms with Gasteiger partial charge in [0.15, 0.2) is 6.61 Å². The van der Waals surface area contributed by atoms with Gasteiger partial charge in [-0.25, -0.2) is 0 Å². The van der Waals surface area contributed by atoms with Gasteiger partial charge in [-0.1, -0.05) is 11.6 Å². The van der Waals surface area contributed by atoms with Crippen molar-refractivity contribution in [3.8, 4) is 5.75 Å². The van der Waals surface area contributed by atoms with Crippen LogP contribution in [0.25, 0.3) is 0 Å². The van der Waals surface area contributed by atoms with Crippen LogP contribution in [0.2, 0.25) is 5.02 Å². The van der Waals surface area contributed by atoms with E-state index in [1.807, 2.05) is 17.9 Å². The first-order valence-corrected chi connectivity index (χ1v) is 7.97. The van der Waals surface area contributed by atoms with Crippen molar-refractivity contribution < 1.29 is 14.3 Å². The van der Waals surface area contributed by atoms with E-state index in [1.165, 1.54) is 0 Å². The summed E-state index contributed by atoms with van der Waals surface area (Å²) in [5.41, 5.74) is 0.916. The third kappa shape index (κ3) is 5.11. The molecule has 0 unspecified atom stereocenters. The summed E-state index contributed by atoms with van der Waals surface area (Å²) in [6.07, 6.45) is 0. The zero-order valence-corrected chi connectivity index (χ0v) is 14.2. The van der Waals surface area contributed by atoms with Crippen LogP contribution in [0.15, 0.2) is 18.2 Å². The number of benzene rings is 1. The number of carbonyl (C=O) groups excluding carboxylic acids is 2. The number of hydrogen-bond acceptors (Lipinski definition) is 4. The lowest BCUT2D eigenvalue weighted by Crippen LogP contribution is -2.51. The van der Waals surface area contributed by atoms with E-state index in [9.17, 15) is 9.59 Å². The number of hydrogen-bond donors (Lipinski definition) is 1. The molecule has 0 radical (unpaired) electrons. The molecule has 0 atom stereocenters. The molecule has 0 saturated carbocycles. The summed E-state index contributed by atoms with van der Waals surface area (Å²) in [6, 6.07) is 5.33. The Balaban J connectivity index is 1.76. The van der Waals surface area contributed by atoms with Gasteiger partial charge in [-0.05, 0) is 30.7 Å². The highest BCUT2D eigenvalue weighted by molar-refractivity contribution is 6.31. The van der Waals surface area contributed by atoms with Crippen LogP contribution < -0.4 is 10.1 Å². The second kappa shape index (κ2) is 8.17. The number of likely N-dealkylation sites (N-methyl/N-ethyl adjacent to an activating group) is 1. The first-order valence-electron chi connectivity index (χ1n) is 7.59. The van der Waals surface area contributed by atoms with Crippen LogP contribution in [0.5, 0.6) is 5.75 Å². The molecule has 6 nitrogen and oxygen atoms in total. The number of amides is 2. The minimum atomic E-state index is -0.0443. The maximum atomic E-state index is 12.2. The third-order valence-electron chi connectivity index (χ3n) is 3.86. The van der Waals surface area contributed by atoms with Crippen molar-refractivity contribution in [3.63, 3.8) is 0 Å². The van der Waals surface area contributed by atoms with E-state index >= 15 is 0 Å². The molecule has 1 heterocycles. The molecule has 0 aromatic heterocycles. The average molecular weight is 340 g/mol. The molecule has 1 aliphatic rings. The number of nitrogens with zero attached hydrogens (tertiary/aromatic N) is 2. The van der Waals surface area contributed by atoms with Gasteiger partial charge in [-0.2, -0.15) is 0 Å². The lowest BCUT2D eigenvalue weighted by atomic mass is 10.2. The highest BCUT2D eigenvalue weighted by Gasteiger charge is 2.22. The summed E-state index contributed by atoms with van der Waals surface area (Å²) in [4.78, 5) is 27.3. The minimum Gasteiger partial charge on any atom is -0.484 e. The predicted octanol–water partition coefficient (Wildman–Crippen LogP) is 0.917. The van der Waals surface area contributed by atoms with Crippen molar-refractivity contribution in [1.82, 2.24) is 15.1 Å². The van der Waals surface area contributed by atoms with Crippen molar-refractivity contribution in [2.45, 2.75) is 6.92 Å². The molecule has 7 heteroatoms. The number of ether oxygens (including phenoxy) is 1. The molecule has 1 aromatic rings. The quantitative estimate of drug-likeness (QED) is 0.866. The van der Waals surface area contributed by atoms with Crippen molar-refractivity contribution in [3.05, 3.63) is 28.8 Å². The molecule has 1 aliphatic heterocycles. The normalized spacial score (nSPS) is 15.3. The van der Waals surface area contributed by atoms with E-state index < -0.39 is 0 Å². The molecule has 1 saturated heterocycles. The van der Waals surface area contributed by atoms with Gasteiger partial charge in [0.1, 0.15) is 5.75 Å². The summed E-state index contributed by atoms with van der Waals surface area (Å²) < 4.78 is 5.54. The SMILES string of the molecule is CNC(=O)CN1CCN(C(=O)COc2ccc(Cl)c(C)c2)CC1. The van der Waals surface area contributed by atoms with Crippen LogP contribution >= 0.6 is 11.6 Å². The smallest absolute Gasteiger partial charge is 0.260 e. The van der Waals surface area contributed by atoms with Crippen LogP contribution in [-0.4, -0.2) is 68.0 Å². The number of halogens is 1. The van der Waals surface area contributed by atoms with Crippen molar-refractivity contribution in [1.29, 1.82) is 0 Å². The van der Waals surface area contributed by atoms with Gasteiger partial charge in [-0.15, -0.1) is 0 Å². The van der Waals surface area contributed by atoms with E-state index in [0.29, 0.717) is 43.5 Å². The number of carbonyl (C=O) groups is 2. The Kier molecular flexibility index (Phi) is 6.24. The van der Waals surface area contributed by atoms with Crippen molar-refractivity contribution in [2.75, 3.05) is 46.4 Å². The highest BCUT2D eigenvalue weighted by atomic mass is 35.5. The fourth-order valence-corrected chi connectivity index (χ4v) is 2.50. The predicted molar refractivity (Wildman–Crippen MR) is 88.8 cm³/mol. The monoisotopic (exact) mass is 339 g/mol. The number of nitrogens with one attached hydrogen (secondary N) is 1. The Morgan fingerprint density at radius 1 is 1.26 bits per heavy atom. The number of aryl methyl sites for hydroxylation is 1. The lowest BCUT2D eigenvalue weighted by molar-refractivity contribution is -0.135. The van der Waals surface area contributed by atoms with E-state index in [-0.39, 0.29) is 18.4 Å². The molecule has 2 rings (SSSR count). The van der Waals surface area contributed by atoms with E-state index in [2.05, 4.69) is 5.32 Å². The van der Waals surface area contributed by atoms with Crippen LogP contribution in [0.1, 0.15) is 5.56 Å². The largest absolute Gasteiger partial charge is 0.484 e. The molecule has 23 heavy (non-hydrogen) atoms. The number of rotatable bonds is 5. The van der Waals surface area contributed by atoms with Crippen LogP contribution in [0, 0.1) is 6.92 Å². The van der Waals surface area contributed by atoms with E-state index in [1.54, 1.807) is 24.1 Å². The summed E-state index contributed by atoms with van der Waals surface area (Å²) in [5, 5.41) is 3.28. The van der Waals surface area contributed by atoms with Gasteiger partial charge >= 0.3 is 0 Å². The summed E-state index contributed by atoms with van der Waals surface area (Å²) >= 11 is 5.96. The van der Waals surface area contributed by atoms with Crippen molar-refractivity contribution in [2.24, 2.45) is 0 Å². The molecule has 1 fully saturated rings. The zero-order chi connectivity index (χ0) is 16.8. The molecule has 0 spiro atoms. The van der Waals surface area contributed by atoms with Gasteiger partial charge in [0, 0.05) is 38.2 Å². The third-order valence-corrected chi connectivity index (χ3v) is 4.29. The lowest BCUT2D eigenvalue weighted by Gasteiger charge is -2.34. The minimum absolute atomic E-state index is 0.00813.